The van der Waals surface area contributed by atoms with Gasteiger partial charge in [-0.25, -0.2) is 4.98 Å². The zero-order chi connectivity index (χ0) is 16.9. The van der Waals surface area contributed by atoms with Gasteiger partial charge in [0, 0.05) is 55.9 Å². The fourth-order valence-electron chi connectivity index (χ4n) is 2.74. The van der Waals surface area contributed by atoms with Crippen LogP contribution in [0.5, 0.6) is 0 Å². The lowest BCUT2D eigenvalue weighted by atomic mass is 10.1. The molecule has 1 aliphatic heterocycles. The predicted molar refractivity (Wildman–Crippen MR) is 94.1 cm³/mol. The minimum absolute atomic E-state index is 0.0888. The molecule has 1 aliphatic rings. The Kier molecular flexibility index (Phi) is 5.55. The topological polar surface area (TPSA) is 67.4 Å². The van der Waals surface area contributed by atoms with Gasteiger partial charge in [-0.1, -0.05) is 6.07 Å². The average Bonchev–Trinajstić information content (AvgIpc) is 2.96. The monoisotopic (exact) mass is 346 g/mol. The third-order valence-corrected chi connectivity index (χ3v) is 4.77. The molecule has 128 valence electrons. The number of aromatic nitrogens is 2. The summed E-state index contributed by atoms with van der Waals surface area (Å²) in [7, 11) is 0. The molecule has 3 heterocycles. The second kappa shape index (κ2) is 7.83. The van der Waals surface area contributed by atoms with Gasteiger partial charge >= 0.3 is 0 Å². The van der Waals surface area contributed by atoms with Crippen LogP contribution in [0.1, 0.15) is 23.1 Å². The first-order valence-corrected chi connectivity index (χ1v) is 8.88. The molecule has 0 radical (unpaired) electrons. The van der Waals surface area contributed by atoms with E-state index in [1.165, 1.54) is 23.8 Å². The van der Waals surface area contributed by atoms with E-state index in [1.54, 1.807) is 0 Å². The summed E-state index contributed by atoms with van der Waals surface area (Å²) < 4.78 is 5.90. The van der Waals surface area contributed by atoms with Crippen LogP contribution in [0.4, 0.5) is 5.13 Å². The molecule has 0 spiro atoms. The van der Waals surface area contributed by atoms with Crippen molar-refractivity contribution in [2.75, 3.05) is 25.0 Å². The molecule has 1 unspecified atom stereocenters. The molecule has 1 N–H and O–H groups in total. The number of carbonyl (C=O) groups excluding carboxylic acids is 1. The highest BCUT2D eigenvalue weighted by Gasteiger charge is 2.21. The second-order valence-corrected chi connectivity index (χ2v) is 7.17. The van der Waals surface area contributed by atoms with Gasteiger partial charge in [-0.3, -0.25) is 14.7 Å². The molecule has 1 saturated heterocycles. The number of carbonyl (C=O) groups is 1. The molecule has 1 amide bonds. The van der Waals surface area contributed by atoms with E-state index in [9.17, 15) is 4.79 Å². The van der Waals surface area contributed by atoms with Crippen molar-refractivity contribution >= 4 is 22.4 Å². The fourth-order valence-corrected chi connectivity index (χ4v) is 3.64. The Labute approximate surface area is 145 Å². The number of hydrogen-bond acceptors (Lipinski definition) is 6. The second-order valence-electron chi connectivity index (χ2n) is 6.05. The highest BCUT2D eigenvalue weighted by Crippen LogP contribution is 2.21. The number of amides is 1. The summed E-state index contributed by atoms with van der Waals surface area (Å²) in [5, 5.41) is 3.39. The predicted octanol–water partition coefficient (Wildman–Crippen LogP) is 2.25. The first kappa shape index (κ1) is 17.0. The van der Waals surface area contributed by atoms with E-state index in [-0.39, 0.29) is 12.0 Å². The number of pyridine rings is 1. The van der Waals surface area contributed by atoms with Gasteiger partial charge in [0.15, 0.2) is 5.13 Å². The Bertz CT molecular complexity index is 686. The first-order valence-electron chi connectivity index (χ1n) is 8.06. The maximum Gasteiger partial charge on any atom is 0.223 e. The fraction of sp³-hybridized carbons (Fsp3) is 0.471. The summed E-state index contributed by atoms with van der Waals surface area (Å²) in [5.41, 5.74) is 2.24. The Morgan fingerprint density at radius 3 is 3.04 bits per heavy atom. The molecule has 1 fully saturated rings. The van der Waals surface area contributed by atoms with Crippen molar-refractivity contribution in [3.63, 3.8) is 0 Å². The number of morpholine rings is 1. The largest absolute Gasteiger partial charge is 0.375 e. The van der Waals surface area contributed by atoms with Gasteiger partial charge in [-0.2, -0.15) is 0 Å². The van der Waals surface area contributed by atoms with Crippen molar-refractivity contribution in [3.05, 3.63) is 40.7 Å². The van der Waals surface area contributed by atoms with Crippen LogP contribution >= 0.6 is 11.3 Å². The van der Waals surface area contributed by atoms with Gasteiger partial charge in [-0.05, 0) is 18.6 Å². The van der Waals surface area contributed by atoms with E-state index < -0.39 is 0 Å². The van der Waals surface area contributed by atoms with E-state index in [2.05, 4.69) is 26.3 Å². The number of hydrogen-bond donors (Lipinski definition) is 1. The van der Waals surface area contributed by atoms with Crippen molar-refractivity contribution < 1.29 is 9.53 Å². The van der Waals surface area contributed by atoms with Gasteiger partial charge in [-0.15, -0.1) is 11.3 Å². The number of aryl methyl sites for hydroxylation is 1. The maximum atomic E-state index is 11.1. The summed E-state index contributed by atoms with van der Waals surface area (Å²) in [4.78, 5) is 23.2. The van der Waals surface area contributed by atoms with Gasteiger partial charge in [0.2, 0.25) is 5.91 Å². The zero-order valence-electron chi connectivity index (χ0n) is 14.0. The first-order chi connectivity index (χ1) is 11.6. The number of rotatable bonds is 5. The SMILES string of the molecule is CC(=O)Nc1ncc(CN2CCOC(Cc3ccc(C)nc3)C2)s1. The molecule has 2 aromatic heterocycles. The Hall–Kier alpha value is -1.83. The lowest BCUT2D eigenvalue weighted by molar-refractivity contribution is -0.114. The van der Waals surface area contributed by atoms with Crippen LogP contribution in [0.3, 0.4) is 0 Å². The normalized spacial score (nSPS) is 18.5. The molecule has 0 bridgehead atoms. The average molecular weight is 346 g/mol. The third-order valence-electron chi connectivity index (χ3n) is 3.87. The van der Waals surface area contributed by atoms with Gasteiger partial charge < -0.3 is 10.1 Å². The Morgan fingerprint density at radius 1 is 1.42 bits per heavy atom. The van der Waals surface area contributed by atoms with E-state index in [0.717, 1.165) is 43.2 Å². The molecular weight excluding hydrogens is 324 g/mol. The van der Waals surface area contributed by atoms with Crippen LogP contribution < -0.4 is 5.32 Å². The minimum Gasteiger partial charge on any atom is -0.375 e. The lowest BCUT2D eigenvalue weighted by Gasteiger charge is -2.32. The summed E-state index contributed by atoms with van der Waals surface area (Å²) in [5.74, 6) is -0.0888. The standard InChI is InChI=1S/C17H22N4O2S/c1-12-3-4-14(8-18-12)7-15-10-21(5-6-23-15)11-16-9-19-17(24-16)20-13(2)22/h3-4,8-9,15H,5-7,10-11H2,1-2H3,(H,19,20,22). The molecule has 0 aromatic carbocycles. The van der Waals surface area contributed by atoms with E-state index in [1.807, 2.05) is 25.4 Å². The molecule has 3 rings (SSSR count). The van der Waals surface area contributed by atoms with Gasteiger partial charge in [0.25, 0.3) is 0 Å². The van der Waals surface area contributed by atoms with E-state index in [0.29, 0.717) is 5.13 Å². The molecule has 1 atom stereocenters. The van der Waals surface area contributed by atoms with Crippen LogP contribution in [-0.4, -0.2) is 46.6 Å². The zero-order valence-corrected chi connectivity index (χ0v) is 14.8. The van der Waals surface area contributed by atoms with Gasteiger partial charge in [0.05, 0.1) is 12.7 Å². The van der Waals surface area contributed by atoms with Crippen molar-refractivity contribution in [2.24, 2.45) is 0 Å². The van der Waals surface area contributed by atoms with E-state index in [4.69, 9.17) is 4.74 Å². The van der Waals surface area contributed by atoms with Crippen LogP contribution in [0.25, 0.3) is 0 Å². The van der Waals surface area contributed by atoms with Crippen molar-refractivity contribution in [1.82, 2.24) is 14.9 Å². The number of anilines is 1. The van der Waals surface area contributed by atoms with Crippen molar-refractivity contribution in [3.8, 4) is 0 Å². The summed E-state index contributed by atoms with van der Waals surface area (Å²) >= 11 is 1.53. The number of thiazole rings is 1. The highest BCUT2D eigenvalue weighted by atomic mass is 32.1. The molecule has 7 heteroatoms. The number of nitrogens with zero attached hydrogens (tertiary/aromatic N) is 3. The molecule has 0 saturated carbocycles. The van der Waals surface area contributed by atoms with Crippen LogP contribution in [-0.2, 0) is 22.5 Å². The minimum atomic E-state index is -0.0888. The quantitative estimate of drug-likeness (QED) is 0.899. The van der Waals surface area contributed by atoms with Crippen molar-refractivity contribution in [1.29, 1.82) is 0 Å². The maximum absolute atomic E-state index is 11.1. The van der Waals surface area contributed by atoms with Crippen LogP contribution in [0, 0.1) is 6.92 Å². The van der Waals surface area contributed by atoms with E-state index >= 15 is 0 Å². The summed E-state index contributed by atoms with van der Waals surface area (Å²) in [6, 6.07) is 4.16. The molecule has 2 aromatic rings. The lowest BCUT2D eigenvalue weighted by Crippen LogP contribution is -2.42. The smallest absolute Gasteiger partial charge is 0.223 e. The van der Waals surface area contributed by atoms with Crippen molar-refractivity contribution in [2.45, 2.75) is 32.9 Å². The summed E-state index contributed by atoms with van der Waals surface area (Å²) in [6.07, 6.45) is 4.83. The summed E-state index contributed by atoms with van der Waals surface area (Å²) in [6.45, 7) is 6.86. The molecule has 24 heavy (non-hydrogen) atoms. The van der Waals surface area contributed by atoms with Gasteiger partial charge in [0.1, 0.15) is 0 Å². The highest BCUT2D eigenvalue weighted by molar-refractivity contribution is 7.15. The number of ether oxygens (including phenoxy) is 1. The van der Waals surface area contributed by atoms with Crippen LogP contribution in [0.2, 0.25) is 0 Å². The molecule has 6 nitrogen and oxygen atoms in total. The Morgan fingerprint density at radius 2 is 2.29 bits per heavy atom. The Balaban J connectivity index is 1.54. The molecule has 0 aliphatic carbocycles. The number of nitrogens with one attached hydrogen (secondary N) is 1. The third kappa shape index (κ3) is 4.83. The van der Waals surface area contributed by atoms with Crippen LogP contribution in [0.15, 0.2) is 24.5 Å². The molecular formula is C17H22N4O2S.